The molecule has 0 aliphatic carbocycles. The van der Waals surface area contributed by atoms with Crippen LogP contribution in [0.3, 0.4) is 0 Å². The topological polar surface area (TPSA) is 89.3 Å². The van der Waals surface area contributed by atoms with Gasteiger partial charge in [-0.05, 0) is 48.9 Å². The van der Waals surface area contributed by atoms with E-state index in [1.807, 2.05) is 0 Å². The lowest BCUT2D eigenvalue weighted by atomic mass is 10.1. The molecule has 0 aliphatic rings. The first-order chi connectivity index (χ1) is 9.36. The van der Waals surface area contributed by atoms with E-state index in [1.165, 1.54) is 24.3 Å². The van der Waals surface area contributed by atoms with E-state index in [1.54, 1.807) is 24.3 Å². The summed E-state index contributed by atoms with van der Waals surface area (Å²) in [6, 6.07) is 12.4. The summed E-state index contributed by atoms with van der Waals surface area (Å²) in [6.07, 6.45) is 0. The maximum absolute atomic E-state index is 11.9. The number of rotatable bonds is 3. The molecular weight excluding hydrogens is 276 g/mol. The molecule has 2 rings (SSSR count). The highest BCUT2D eigenvalue weighted by atomic mass is 32.2. The predicted octanol–water partition coefficient (Wildman–Crippen LogP) is 1.77. The lowest BCUT2D eigenvalue weighted by Crippen LogP contribution is -2.13. The van der Waals surface area contributed by atoms with E-state index in [4.69, 9.17) is 5.14 Å². The molecule has 20 heavy (non-hydrogen) atoms. The summed E-state index contributed by atoms with van der Waals surface area (Å²) >= 11 is 0. The van der Waals surface area contributed by atoms with Crippen molar-refractivity contribution in [2.24, 2.45) is 5.14 Å². The number of sulfonamides is 1. The zero-order valence-corrected chi connectivity index (χ0v) is 11.4. The highest BCUT2D eigenvalue weighted by molar-refractivity contribution is 7.89. The van der Waals surface area contributed by atoms with Crippen molar-refractivity contribution >= 4 is 21.6 Å². The molecule has 0 saturated heterocycles. The summed E-state index contributed by atoms with van der Waals surface area (Å²) in [5.74, 6) is -0.284. The van der Waals surface area contributed by atoms with Gasteiger partial charge in [0.15, 0.2) is 0 Å². The molecule has 0 unspecified atom stereocenters. The van der Waals surface area contributed by atoms with Crippen LogP contribution in [-0.4, -0.2) is 14.3 Å². The fraction of sp³-hybridized carbons (Fsp3) is 0. The number of amides is 1. The van der Waals surface area contributed by atoms with Crippen molar-refractivity contribution in [1.82, 2.24) is 0 Å². The number of hydrogen-bond donors (Lipinski definition) is 2. The third-order valence-electron chi connectivity index (χ3n) is 2.66. The van der Waals surface area contributed by atoms with Crippen molar-refractivity contribution in [3.8, 4) is 0 Å². The van der Waals surface area contributed by atoms with Crippen LogP contribution in [0.4, 0.5) is 5.69 Å². The van der Waals surface area contributed by atoms with Gasteiger partial charge in [0.2, 0.25) is 10.0 Å². The maximum Gasteiger partial charge on any atom is 0.255 e. The highest BCUT2D eigenvalue weighted by Crippen LogP contribution is 2.14. The van der Waals surface area contributed by atoms with E-state index in [0.29, 0.717) is 11.3 Å². The van der Waals surface area contributed by atoms with Gasteiger partial charge in [-0.3, -0.25) is 4.79 Å². The Kier molecular flexibility index (Phi) is 3.87. The first-order valence-corrected chi connectivity index (χ1v) is 7.27. The van der Waals surface area contributed by atoms with Crippen molar-refractivity contribution in [3.05, 3.63) is 66.6 Å². The third kappa shape index (κ3) is 3.43. The van der Waals surface area contributed by atoms with Crippen molar-refractivity contribution in [2.45, 2.75) is 4.90 Å². The molecule has 5 nitrogen and oxygen atoms in total. The van der Waals surface area contributed by atoms with Crippen LogP contribution in [0, 0.1) is 6.92 Å². The van der Waals surface area contributed by atoms with Gasteiger partial charge in [-0.2, -0.15) is 0 Å². The Bertz CT molecular complexity index is 720. The number of hydrogen-bond acceptors (Lipinski definition) is 3. The molecule has 103 valence electrons. The monoisotopic (exact) mass is 289 g/mol. The fourth-order valence-electron chi connectivity index (χ4n) is 1.59. The SMILES string of the molecule is [CH2]c1ccc(C(=O)Nc2ccc(S(N)(=O)=O)cc2)cc1. The summed E-state index contributed by atoms with van der Waals surface area (Å²) in [4.78, 5) is 11.9. The Hall–Kier alpha value is -2.18. The van der Waals surface area contributed by atoms with Crippen LogP contribution >= 0.6 is 0 Å². The zero-order valence-electron chi connectivity index (χ0n) is 10.5. The smallest absolute Gasteiger partial charge is 0.255 e. The average Bonchev–Trinajstić information content (AvgIpc) is 2.39. The second kappa shape index (κ2) is 5.44. The van der Waals surface area contributed by atoms with Gasteiger partial charge >= 0.3 is 0 Å². The number of carbonyl (C=O) groups excluding carboxylic acids is 1. The van der Waals surface area contributed by atoms with Crippen molar-refractivity contribution in [3.63, 3.8) is 0 Å². The number of nitrogens with one attached hydrogen (secondary N) is 1. The molecule has 0 heterocycles. The molecule has 0 atom stereocenters. The van der Waals surface area contributed by atoms with E-state index in [2.05, 4.69) is 12.2 Å². The molecule has 0 saturated carbocycles. The van der Waals surface area contributed by atoms with Crippen molar-refractivity contribution in [1.29, 1.82) is 0 Å². The summed E-state index contributed by atoms with van der Waals surface area (Å²) in [7, 11) is -3.72. The number of benzene rings is 2. The third-order valence-corrected chi connectivity index (χ3v) is 3.59. The summed E-state index contributed by atoms with van der Waals surface area (Å²) in [6.45, 7) is 3.74. The number of primary sulfonamides is 1. The van der Waals surface area contributed by atoms with E-state index < -0.39 is 10.0 Å². The highest BCUT2D eigenvalue weighted by Gasteiger charge is 2.09. The Labute approximate surface area is 117 Å². The van der Waals surface area contributed by atoms with Crippen LogP contribution in [0.2, 0.25) is 0 Å². The van der Waals surface area contributed by atoms with Gasteiger partial charge in [0, 0.05) is 11.3 Å². The molecule has 2 aromatic rings. The predicted molar refractivity (Wildman–Crippen MR) is 76.7 cm³/mol. The summed E-state index contributed by atoms with van der Waals surface area (Å²) in [5.41, 5.74) is 1.80. The standard InChI is InChI=1S/C14H13N2O3S/c1-10-2-4-11(5-3-10)14(17)16-12-6-8-13(9-7-12)20(15,18)19/h2-9H,1H2,(H,16,17)(H2,15,18,19). The molecule has 0 aliphatic heterocycles. The van der Waals surface area contributed by atoms with Gasteiger partial charge in [0.05, 0.1) is 4.90 Å². The number of nitrogens with two attached hydrogens (primary N) is 1. The van der Waals surface area contributed by atoms with Gasteiger partial charge in [-0.15, -0.1) is 0 Å². The molecule has 1 amide bonds. The van der Waals surface area contributed by atoms with Crippen molar-refractivity contribution < 1.29 is 13.2 Å². The largest absolute Gasteiger partial charge is 0.322 e. The average molecular weight is 289 g/mol. The minimum absolute atomic E-state index is 0.00286. The van der Waals surface area contributed by atoms with Crippen LogP contribution in [-0.2, 0) is 10.0 Å². The van der Waals surface area contributed by atoms with E-state index in [9.17, 15) is 13.2 Å². The van der Waals surface area contributed by atoms with Gasteiger partial charge in [0.1, 0.15) is 0 Å². The molecule has 1 radical (unpaired) electrons. The molecule has 0 spiro atoms. The Balaban J connectivity index is 2.14. The quantitative estimate of drug-likeness (QED) is 0.902. The van der Waals surface area contributed by atoms with E-state index in [-0.39, 0.29) is 10.8 Å². The number of carbonyl (C=O) groups is 1. The molecule has 6 heteroatoms. The second-order valence-corrected chi connectivity index (χ2v) is 5.78. The van der Waals surface area contributed by atoms with Crippen LogP contribution < -0.4 is 10.5 Å². The molecular formula is C14H13N2O3S. The van der Waals surface area contributed by atoms with Gasteiger partial charge in [0.25, 0.3) is 5.91 Å². The first-order valence-electron chi connectivity index (χ1n) is 5.72. The Morgan fingerprint density at radius 3 is 2.05 bits per heavy atom. The minimum Gasteiger partial charge on any atom is -0.322 e. The Morgan fingerprint density at radius 2 is 1.55 bits per heavy atom. The van der Waals surface area contributed by atoms with Gasteiger partial charge in [-0.25, -0.2) is 13.6 Å². The Morgan fingerprint density at radius 1 is 1.00 bits per heavy atom. The minimum atomic E-state index is -3.72. The maximum atomic E-state index is 11.9. The van der Waals surface area contributed by atoms with Gasteiger partial charge in [-0.1, -0.05) is 12.1 Å². The van der Waals surface area contributed by atoms with E-state index >= 15 is 0 Å². The lowest BCUT2D eigenvalue weighted by molar-refractivity contribution is 0.102. The summed E-state index contributed by atoms with van der Waals surface area (Å²) < 4.78 is 22.2. The van der Waals surface area contributed by atoms with Crippen LogP contribution in [0.25, 0.3) is 0 Å². The van der Waals surface area contributed by atoms with Crippen molar-refractivity contribution in [2.75, 3.05) is 5.32 Å². The first kappa shape index (κ1) is 14.2. The zero-order chi connectivity index (χ0) is 14.8. The van der Waals surface area contributed by atoms with Gasteiger partial charge < -0.3 is 5.32 Å². The van der Waals surface area contributed by atoms with Crippen LogP contribution in [0.5, 0.6) is 0 Å². The van der Waals surface area contributed by atoms with Crippen LogP contribution in [0.15, 0.2) is 53.4 Å². The lowest BCUT2D eigenvalue weighted by Gasteiger charge is -2.06. The normalized spacial score (nSPS) is 11.1. The fourth-order valence-corrected chi connectivity index (χ4v) is 2.10. The van der Waals surface area contributed by atoms with Crippen LogP contribution in [0.1, 0.15) is 15.9 Å². The molecule has 3 N–H and O–H groups in total. The molecule has 2 aromatic carbocycles. The molecule has 0 aromatic heterocycles. The second-order valence-electron chi connectivity index (χ2n) is 4.22. The molecule has 0 bridgehead atoms. The molecule has 0 fully saturated rings. The summed E-state index contributed by atoms with van der Waals surface area (Å²) in [5, 5.41) is 7.65. The van der Waals surface area contributed by atoms with E-state index in [0.717, 1.165) is 5.56 Å². The number of anilines is 1.